The molecular formula is C16H23NO. The molecule has 2 nitrogen and oxygen atoms in total. The molecule has 98 valence electrons. The van der Waals surface area contributed by atoms with Crippen LogP contribution in [0.15, 0.2) is 24.4 Å². The first-order chi connectivity index (χ1) is 8.67. The van der Waals surface area contributed by atoms with Crippen LogP contribution in [0.5, 0.6) is 0 Å². The van der Waals surface area contributed by atoms with E-state index in [0.29, 0.717) is 0 Å². The summed E-state index contributed by atoms with van der Waals surface area (Å²) in [6.07, 6.45) is 5.12. The minimum absolute atomic E-state index is 0.400. The molecule has 0 aliphatic rings. The van der Waals surface area contributed by atoms with E-state index in [9.17, 15) is 5.11 Å². The van der Waals surface area contributed by atoms with E-state index in [4.69, 9.17) is 0 Å². The van der Waals surface area contributed by atoms with Crippen LogP contribution in [-0.4, -0.2) is 9.67 Å². The van der Waals surface area contributed by atoms with E-state index in [2.05, 4.69) is 42.8 Å². The van der Waals surface area contributed by atoms with E-state index in [0.717, 1.165) is 18.5 Å². The van der Waals surface area contributed by atoms with Crippen molar-refractivity contribution in [3.8, 4) is 0 Å². The minimum atomic E-state index is -0.400. The van der Waals surface area contributed by atoms with Gasteiger partial charge in [-0.2, -0.15) is 0 Å². The predicted octanol–water partition coefficient (Wildman–Crippen LogP) is 4.06. The lowest BCUT2D eigenvalue weighted by Crippen LogP contribution is -1.95. The Morgan fingerprint density at radius 1 is 1.28 bits per heavy atom. The van der Waals surface area contributed by atoms with Crippen LogP contribution in [0.25, 0.3) is 10.9 Å². The van der Waals surface area contributed by atoms with Gasteiger partial charge < -0.3 is 9.67 Å². The van der Waals surface area contributed by atoms with Crippen molar-refractivity contribution in [2.24, 2.45) is 0 Å². The van der Waals surface area contributed by atoms with Crippen LogP contribution in [0, 0.1) is 0 Å². The van der Waals surface area contributed by atoms with Gasteiger partial charge in [-0.05, 0) is 37.5 Å². The van der Waals surface area contributed by atoms with E-state index < -0.39 is 6.10 Å². The first-order valence-corrected chi connectivity index (χ1v) is 6.97. The van der Waals surface area contributed by atoms with Crippen molar-refractivity contribution in [1.29, 1.82) is 0 Å². The maximum Gasteiger partial charge on any atom is 0.0782 e. The van der Waals surface area contributed by atoms with Crippen LogP contribution < -0.4 is 0 Å². The fourth-order valence-electron chi connectivity index (χ4n) is 2.44. The van der Waals surface area contributed by atoms with Gasteiger partial charge in [0.05, 0.1) is 6.10 Å². The second-order valence-corrected chi connectivity index (χ2v) is 5.01. The minimum Gasteiger partial charge on any atom is -0.389 e. The Labute approximate surface area is 109 Å². The van der Waals surface area contributed by atoms with E-state index in [-0.39, 0.29) is 0 Å². The number of rotatable bonds is 5. The highest BCUT2D eigenvalue weighted by Gasteiger charge is 2.12. The highest BCUT2D eigenvalue weighted by molar-refractivity contribution is 5.85. The third-order valence-electron chi connectivity index (χ3n) is 3.59. The Bertz CT molecular complexity index is 525. The van der Waals surface area contributed by atoms with Gasteiger partial charge in [0.1, 0.15) is 0 Å². The summed E-state index contributed by atoms with van der Waals surface area (Å²) in [6, 6.07) is 6.60. The summed E-state index contributed by atoms with van der Waals surface area (Å²) in [5.41, 5.74) is 3.63. The van der Waals surface area contributed by atoms with Crippen LogP contribution in [0.3, 0.4) is 0 Å². The lowest BCUT2D eigenvalue weighted by Gasteiger charge is -2.04. The van der Waals surface area contributed by atoms with Gasteiger partial charge in [-0.25, -0.2) is 0 Å². The zero-order valence-corrected chi connectivity index (χ0v) is 11.6. The Morgan fingerprint density at radius 3 is 2.67 bits per heavy atom. The average Bonchev–Trinajstić information content (AvgIpc) is 2.74. The standard InChI is InChI=1S/C16H23NO/c1-4-6-9-17-11-15(12(3)18)14-10-13(5-2)7-8-16(14)17/h7-8,10-12,18H,4-6,9H2,1-3H3. The number of unbranched alkanes of at least 4 members (excludes halogenated alkanes) is 1. The monoisotopic (exact) mass is 245 g/mol. The Hall–Kier alpha value is -1.28. The van der Waals surface area contributed by atoms with Gasteiger partial charge in [-0.1, -0.05) is 26.3 Å². The molecule has 2 aromatic rings. The number of nitrogens with zero attached hydrogens (tertiary/aromatic N) is 1. The van der Waals surface area contributed by atoms with Gasteiger partial charge in [-0.15, -0.1) is 0 Å². The smallest absolute Gasteiger partial charge is 0.0782 e. The number of aromatic nitrogens is 1. The summed E-state index contributed by atoms with van der Waals surface area (Å²) in [5.74, 6) is 0. The fourth-order valence-corrected chi connectivity index (χ4v) is 2.44. The molecule has 1 heterocycles. The lowest BCUT2D eigenvalue weighted by atomic mass is 10.1. The van der Waals surface area contributed by atoms with Crippen LogP contribution in [0.1, 0.15) is 50.8 Å². The Balaban J connectivity index is 2.53. The first-order valence-electron chi connectivity index (χ1n) is 6.97. The van der Waals surface area contributed by atoms with Crippen LogP contribution in [0.2, 0.25) is 0 Å². The normalized spacial score (nSPS) is 13.1. The number of aliphatic hydroxyl groups is 1. The zero-order valence-electron chi connectivity index (χ0n) is 11.6. The number of aryl methyl sites for hydroxylation is 2. The van der Waals surface area contributed by atoms with Gasteiger partial charge in [0.15, 0.2) is 0 Å². The van der Waals surface area contributed by atoms with Gasteiger partial charge >= 0.3 is 0 Å². The van der Waals surface area contributed by atoms with Gasteiger partial charge in [0.2, 0.25) is 0 Å². The summed E-state index contributed by atoms with van der Waals surface area (Å²) in [7, 11) is 0. The highest BCUT2D eigenvalue weighted by Crippen LogP contribution is 2.28. The van der Waals surface area contributed by atoms with Gasteiger partial charge in [-0.3, -0.25) is 0 Å². The lowest BCUT2D eigenvalue weighted by molar-refractivity contribution is 0.200. The summed E-state index contributed by atoms with van der Waals surface area (Å²) >= 11 is 0. The third kappa shape index (κ3) is 2.44. The summed E-state index contributed by atoms with van der Waals surface area (Å²) in [4.78, 5) is 0. The molecule has 1 aromatic heterocycles. The molecule has 0 fully saturated rings. The number of fused-ring (bicyclic) bond motifs is 1. The molecule has 1 unspecified atom stereocenters. The molecule has 1 aromatic carbocycles. The maximum absolute atomic E-state index is 9.91. The zero-order chi connectivity index (χ0) is 13.1. The number of hydrogen-bond acceptors (Lipinski definition) is 1. The predicted molar refractivity (Wildman–Crippen MR) is 76.9 cm³/mol. The number of aliphatic hydroxyl groups excluding tert-OH is 1. The van der Waals surface area contributed by atoms with Gasteiger partial charge in [0, 0.05) is 29.2 Å². The number of benzene rings is 1. The van der Waals surface area contributed by atoms with Crippen molar-refractivity contribution < 1.29 is 5.11 Å². The van der Waals surface area contributed by atoms with Crippen molar-refractivity contribution in [3.05, 3.63) is 35.5 Å². The fraction of sp³-hybridized carbons (Fsp3) is 0.500. The third-order valence-corrected chi connectivity index (χ3v) is 3.59. The summed E-state index contributed by atoms with van der Waals surface area (Å²) < 4.78 is 2.28. The van der Waals surface area contributed by atoms with E-state index >= 15 is 0 Å². The van der Waals surface area contributed by atoms with E-state index in [1.807, 2.05) is 6.92 Å². The summed E-state index contributed by atoms with van der Waals surface area (Å²) in [5, 5.41) is 11.1. The largest absolute Gasteiger partial charge is 0.389 e. The van der Waals surface area contributed by atoms with Crippen LogP contribution >= 0.6 is 0 Å². The second kappa shape index (κ2) is 5.57. The van der Waals surface area contributed by atoms with E-state index in [1.165, 1.54) is 29.3 Å². The molecule has 0 aliphatic heterocycles. The van der Waals surface area contributed by atoms with Crippen molar-refractivity contribution in [2.45, 2.75) is 52.7 Å². The molecule has 1 N–H and O–H groups in total. The van der Waals surface area contributed by atoms with Crippen LogP contribution in [-0.2, 0) is 13.0 Å². The topological polar surface area (TPSA) is 25.2 Å². The second-order valence-electron chi connectivity index (χ2n) is 5.01. The van der Waals surface area contributed by atoms with E-state index in [1.54, 1.807) is 0 Å². The average molecular weight is 245 g/mol. The van der Waals surface area contributed by atoms with Crippen molar-refractivity contribution in [3.63, 3.8) is 0 Å². The summed E-state index contributed by atoms with van der Waals surface area (Å²) in [6.45, 7) is 7.25. The molecule has 0 amide bonds. The molecule has 2 heteroatoms. The quantitative estimate of drug-likeness (QED) is 0.844. The Morgan fingerprint density at radius 2 is 2.06 bits per heavy atom. The molecule has 18 heavy (non-hydrogen) atoms. The molecule has 2 rings (SSSR count). The maximum atomic E-state index is 9.91. The van der Waals surface area contributed by atoms with Crippen molar-refractivity contribution >= 4 is 10.9 Å². The highest BCUT2D eigenvalue weighted by atomic mass is 16.3. The molecule has 0 radical (unpaired) electrons. The molecule has 0 spiro atoms. The molecule has 0 saturated carbocycles. The SMILES string of the molecule is CCCCn1cc(C(C)O)c2cc(CC)ccc21. The van der Waals surface area contributed by atoms with Gasteiger partial charge in [0.25, 0.3) is 0 Å². The Kier molecular flexibility index (Phi) is 4.07. The molecule has 0 saturated heterocycles. The molecule has 1 atom stereocenters. The van der Waals surface area contributed by atoms with Crippen molar-refractivity contribution in [1.82, 2.24) is 4.57 Å². The van der Waals surface area contributed by atoms with Crippen molar-refractivity contribution in [2.75, 3.05) is 0 Å². The number of hydrogen-bond donors (Lipinski definition) is 1. The van der Waals surface area contributed by atoms with Crippen LogP contribution in [0.4, 0.5) is 0 Å². The first kappa shape index (κ1) is 13.2. The molecular weight excluding hydrogens is 222 g/mol. The molecule has 0 aliphatic carbocycles. The molecule has 0 bridgehead atoms.